The molecule has 4 N–H and O–H groups in total. The van der Waals surface area contributed by atoms with Gasteiger partial charge < -0.3 is 20.4 Å². The summed E-state index contributed by atoms with van der Waals surface area (Å²) in [4.78, 5) is 26.9. The molecular weight excluding hydrogens is 390 g/mol. The predicted octanol–water partition coefficient (Wildman–Crippen LogP) is -0.0578. The number of hydrogen-bond acceptors (Lipinski definition) is 2. The van der Waals surface area contributed by atoms with Crippen LogP contribution in [0.15, 0.2) is 36.4 Å². The monoisotopic (exact) mass is 418 g/mol. The summed E-state index contributed by atoms with van der Waals surface area (Å²) in [6, 6.07) is 9.15. The minimum atomic E-state index is -0.989. The maximum atomic E-state index is 13.2. The van der Waals surface area contributed by atoms with Crippen molar-refractivity contribution in [1.82, 2.24) is 0 Å². The molecule has 1 aliphatic rings. The van der Waals surface area contributed by atoms with Crippen molar-refractivity contribution < 1.29 is 28.2 Å². The summed E-state index contributed by atoms with van der Waals surface area (Å²) < 4.78 is 26.2. The van der Waals surface area contributed by atoms with E-state index in [1.54, 1.807) is 0 Å². The number of hydrogen-bond donors (Lipinski definition) is 4. The lowest BCUT2D eigenvalue weighted by Gasteiger charge is -2.29. The van der Waals surface area contributed by atoms with E-state index in [9.17, 15) is 18.4 Å². The highest BCUT2D eigenvalue weighted by atomic mass is 19.2. The molecule has 6 nitrogen and oxygen atoms in total. The lowest BCUT2D eigenvalue weighted by molar-refractivity contribution is -1.00. The Bertz CT molecular complexity index is 927. The van der Waals surface area contributed by atoms with Crippen molar-refractivity contribution in [2.45, 2.75) is 13.8 Å². The Hall–Kier alpha value is -2.84. The summed E-state index contributed by atoms with van der Waals surface area (Å²) in [7, 11) is 0. The zero-order valence-corrected chi connectivity index (χ0v) is 17.3. The first kappa shape index (κ1) is 21.9. The first-order valence-electron chi connectivity index (χ1n) is 10.1. The van der Waals surface area contributed by atoms with E-state index in [0.29, 0.717) is 6.54 Å². The number of nitrogens with one attached hydrogen (secondary N) is 4. The largest absolute Gasteiger partial charge is 0.321 e. The van der Waals surface area contributed by atoms with E-state index in [0.717, 1.165) is 60.0 Å². The van der Waals surface area contributed by atoms with Gasteiger partial charge in [0.05, 0.1) is 0 Å². The van der Waals surface area contributed by atoms with Gasteiger partial charge in [0.25, 0.3) is 11.8 Å². The second-order valence-electron chi connectivity index (χ2n) is 7.83. The fraction of sp³-hybridized carbons (Fsp3) is 0.364. The van der Waals surface area contributed by atoms with Crippen molar-refractivity contribution in [3.8, 4) is 0 Å². The molecule has 160 valence electrons. The average Bonchev–Trinajstić information content (AvgIpc) is 2.70. The number of anilines is 2. The quantitative estimate of drug-likeness (QED) is 0.531. The highest BCUT2D eigenvalue weighted by Crippen LogP contribution is 2.17. The van der Waals surface area contributed by atoms with Crippen LogP contribution in [0.3, 0.4) is 0 Å². The van der Waals surface area contributed by atoms with Crippen LogP contribution in [0.4, 0.5) is 20.2 Å². The maximum Gasteiger partial charge on any atom is 0.279 e. The van der Waals surface area contributed by atoms with Crippen molar-refractivity contribution in [3.63, 3.8) is 0 Å². The summed E-state index contributed by atoms with van der Waals surface area (Å²) in [5, 5.41) is 5.59. The highest BCUT2D eigenvalue weighted by Gasteiger charge is 2.26. The number of quaternary nitrogens is 2. The molecule has 0 atom stereocenters. The summed E-state index contributed by atoms with van der Waals surface area (Å²) in [6.07, 6.45) is 0. The summed E-state index contributed by atoms with van der Waals surface area (Å²) >= 11 is 0. The molecule has 0 spiro atoms. The van der Waals surface area contributed by atoms with Gasteiger partial charge in [-0.2, -0.15) is 0 Å². The number of aryl methyl sites for hydroxylation is 1. The third-order valence-corrected chi connectivity index (χ3v) is 5.57. The Kier molecular flexibility index (Phi) is 7.12. The van der Waals surface area contributed by atoms with Crippen LogP contribution in [0.1, 0.15) is 11.1 Å². The van der Waals surface area contributed by atoms with Crippen LogP contribution in [0, 0.1) is 25.5 Å². The van der Waals surface area contributed by atoms with E-state index < -0.39 is 11.6 Å². The fourth-order valence-electron chi connectivity index (χ4n) is 3.62. The van der Waals surface area contributed by atoms with E-state index in [4.69, 9.17) is 0 Å². The van der Waals surface area contributed by atoms with Crippen molar-refractivity contribution in [2.75, 3.05) is 49.9 Å². The minimum Gasteiger partial charge on any atom is -0.321 e. The van der Waals surface area contributed by atoms with Crippen molar-refractivity contribution in [2.24, 2.45) is 0 Å². The summed E-state index contributed by atoms with van der Waals surface area (Å²) in [6.45, 7) is 7.74. The molecule has 30 heavy (non-hydrogen) atoms. The molecule has 0 bridgehead atoms. The molecule has 3 rings (SSSR count). The Morgan fingerprint density at radius 2 is 1.47 bits per heavy atom. The summed E-state index contributed by atoms with van der Waals surface area (Å²) in [5.41, 5.74) is 3.30. The maximum absolute atomic E-state index is 13.2. The van der Waals surface area contributed by atoms with E-state index >= 15 is 0 Å². The fourth-order valence-corrected chi connectivity index (χ4v) is 3.62. The normalized spacial score (nSPS) is 18.7. The van der Waals surface area contributed by atoms with Crippen molar-refractivity contribution in [1.29, 1.82) is 0 Å². The molecule has 2 aromatic rings. The van der Waals surface area contributed by atoms with Crippen LogP contribution < -0.4 is 20.4 Å². The van der Waals surface area contributed by atoms with Gasteiger partial charge in [0.1, 0.15) is 26.2 Å². The number of amides is 2. The van der Waals surface area contributed by atoms with Crippen LogP contribution in [-0.2, 0) is 9.59 Å². The zero-order valence-electron chi connectivity index (χ0n) is 17.3. The van der Waals surface area contributed by atoms with Gasteiger partial charge in [-0.05, 0) is 43.2 Å². The van der Waals surface area contributed by atoms with Gasteiger partial charge in [0.2, 0.25) is 0 Å². The third kappa shape index (κ3) is 5.84. The van der Waals surface area contributed by atoms with Crippen LogP contribution in [-0.4, -0.2) is 51.1 Å². The van der Waals surface area contributed by atoms with E-state index in [2.05, 4.69) is 10.6 Å². The average molecular weight is 418 g/mol. The van der Waals surface area contributed by atoms with Crippen LogP contribution in [0.25, 0.3) is 0 Å². The van der Waals surface area contributed by atoms with E-state index in [1.807, 2.05) is 32.0 Å². The minimum absolute atomic E-state index is 0.0155. The summed E-state index contributed by atoms with van der Waals surface area (Å²) in [5.74, 6) is -2.19. The second kappa shape index (κ2) is 9.77. The number of carbonyl (C=O) groups is 2. The van der Waals surface area contributed by atoms with Gasteiger partial charge in [0.15, 0.2) is 24.7 Å². The molecule has 0 radical (unpaired) electrons. The Morgan fingerprint density at radius 1 is 0.867 bits per heavy atom. The van der Waals surface area contributed by atoms with E-state index in [1.165, 1.54) is 11.0 Å². The van der Waals surface area contributed by atoms with Gasteiger partial charge in [-0.15, -0.1) is 0 Å². The van der Waals surface area contributed by atoms with Crippen molar-refractivity contribution in [3.05, 3.63) is 59.2 Å². The molecular formula is C22H28F2N4O2+2. The molecule has 0 aromatic heterocycles. The highest BCUT2D eigenvalue weighted by molar-refractivity contribution is 5.92. The molecule has 0 saturated carbocycles. The molecule has 8 heteroatoms. The van der Waals surface area contributed by atoms with Gasteiger partial charge in [0, 0.05) is 17.4 Å². The molecule has 1 heterocycles. The topological polar surface area (TPSA) is 67.1 Å². The Balaban J connectivity index is 1.42. The number of carbonyl (C=O) groups excluding carboxylic acids is 2. The van der Waals surface area contributed by atoms with Crippen LogP contribution in [0.5, 0.6) is 0 Å². The molecule has 1 saturated heterocycles. The van der Waals surface area contributed by atoms with Crippen LogP contribution >= 0.6 is 0 Å². The third-order valence-electron chi connectivity index (χ3n) is 5.57. The SMILES string of the molecule is Cc1cccc(NC(=O)C[NH+]2CC[NH+](CC(=O)Nc3ccc(F)c(F)c3)CC2)c1C. The molecule has 2 aromatic carbocycles. The number of piperazine rings is 1. The molecule has 0 unspecified atom stereocenters. The first-order chi connectivity index (χ1) is 14.3. The second-order valence-corrected chi connectivity index (χ2v) is 7.83. The molecule has 0 aliphatic carbocycles. The first-order valence-corrected chi connectivity index (χ1v) is 10.1. The smallest absolute Gasteiger partial charge is 0.279 e. The van der Waals surface area contributed by atoms with Gasteiger partial charge in [-0.1, -0.05) is 12.1 Å². The van der Waals surface area contributed by atoms with E-state index in [-0.39, 0.29) is 24.0 Å². The number of benzene rings is 2. The van der Waals surface area contributed by atoms with Crippen LogP contribution in [0.2, 0.25) is 0 Å². The Morgan fingerprint density at radius 3 is 2.07 bits per heavy atom. The number of halogens is 2. The standard InChI is InChI=1S/C22H26F2N4O2/c1-15-4-3-5-20(16(15)2)26-22(30)14-28-10-8-27(9-11-28)13-21(29)25-17-6-7-18(23)19(24)12-17/h3-7,12H,8-11,13-14H2,1-2H3,(H,25,29)(H,26,30)/p+2. The molecule has 1 aliphatic heterocycles. The lowest BCUT2D eigenvalue weighted by atomic mass is 10.1. The Labute approximate surface area is 174 Å². The van der Waals surface area contributed by atoms with Gasteiger partial charge >= 0.3 is 0 Å². The molecule has 1 fully saturated rings. The predicted molar refractivity (Wildman–Crippen MR) is 111 cm³/mol. The molecule has 2 amide bonds. The number of rotatable bonds is 6. The van der Waals surface area contributed by atoms with Gasteiger partial charge in [-0.3, -0.25) is 9.59 Å². The zero-order chi connectivity index (χ0) is 21.7. The lowest BCUT2D eigenvalue weighted by Crippen LogP contribution is -3.28. The van der Waals surface area contributed by atoms with Gasteiger partial charge in [-0.25, -0.2) is 8.78 Å². The van der Waals surface area contributed by atoms with Crippen molar-refractivity contribution >= 4 is 23.2 Å².